The lowest BCUT2D eigenvalue weighted by Crippen LogP contribution is -2.32. The van der Waals surface area contributed by atoms with E-state index in [4.69, 9.17) is 5.11 Å². The van der Waals surface area contributed by atoms with Gasteiger partial charge in [-0.15, -0.1) is 0 Å². The summed E-state index contributed by atoms with van der Waals surface area (Å²) in [4.78, 5) is 26.4. The molecule has 1 amide bonds. The van der Waals surface area contributed by atoms with Gasteiger partial charge in [0, 0.05) is 36.1 Å². The van der Waals surface area contributed by atoms with E-state index in [1.165, 1.54) is 37.7 Å². The Bertz CT molecular complexity index is 507. The second-order valence-electron chi connectivity index (χ2n) is 4.64. The summed E-state index contributed by atoms with van der Waals surface area (Å²) in [5, 5.41) is 11.5. The van der Waals surface area contributed by atoms with Crippen LogP contribution in [0, 0.1) is 5.92 Å². The summed E-state index contributed by atoms with van der Waals surface area (Å²) in [6, 6.07) is 1.59. The molecule has 1 saturated carbocycles. The predicted octanol–water partition coefficient (Wildman–Crippen LogP) is 1.71. The van der Waals surface area contributed by atoms with Gasteiger partial charge in [0.15, 0.2) is 0 Å². The van der Waals surface area contributed by atoms with Crippen molar-refractivity contribution in [3.8, 4) is 0 Å². The van der Waals surface area contributed by atoms with E-state index in [9.17, 15) is 9.59 Å². The molecule has 1 fully saturated rings. The Labute approximate surface area is 111 Å². The van der Waals surface area contributed by atoms with Gasteiger partial charge in [-0.25, -0.2) is 4.79 Å². The van der Waals surface area contributed by atoms with Crippen LogP contribution in [-0.4, -0.2) is 28.5 Å². The lowest BCUT2D eigenvalue weighted by atomic mass is 9.85. The van der Waals surface area contributed by atoms with Gasteiger partial charge in [0.05, 0.1) is 0 Å². The van der Waals surface area contributed by atoms with Gasteiger partial charge < -0.3 is 10.4 Å². The highest BCUT2D eigenvalue weighted by molar-refractivity contribution is 5.98. The zero-order chi connectivity index (χ0) is 13.7. The minimum atomic E-state index is -1.05. The smallest absolute Gasteiger partial charge is 0.328 e. The molecule has 1 aromatic rings. The molecule has 100 valence electrons. The molecule has 1 aromatic heterocycles. The number of carbonyl (C=O) groups is 2. The van der Waals surface area contributed by atoms with E-state index in [2.05, 4.69) is 10.3 Å². The summed E-state index contributed by atoms with van der Waals surface area (Å²) in [6.07, 6.45) is 8.97. The first-order valence-electron chi connectivity index (χ1n) is 6.30. The topological polar surface area (TPSA) is 79.3 Å². The molecule has 2 N–H and O–H groups in total. The summed E-state index contributed by atoms with van der Waals surface area (Å²) in [6.45, 7) is 0.684. The number of hydrogen-bond donors (Lipinski definition) is 2. The zero-order valence-electron chi connectivity index (χ0n) is 10.5. The van der Waals surface area contributed by atoms with Crippen molar-refractivity contribution in [1.29, 1.82) is 0 Å². The van der Waals surface area contributed by atoms with Crippen molar-refractivity contribution in [3.05, 3.63) is 35.7 Å². The molecule has 0 aromatic carbocycles. The van der Waals surface area contributed by atoms with Crippen LogP contribution in [0.15, 0.2) is 24.5 Å². The fraction of sp³-hybridized carbons (Fsp3) is 0.357. The molecule has 5 nitrogen and oxygen atoms in total. The van der Waals surface area contributed by atoms with Crippen LogP contribution in [0.4, 0.5) is 0 Å². The molecule has 1 heterocycles. The maximum atomic E-state index is 12.0. The molecule has 19 heavy (non-hydrogen) atoms. The fourth-order valence-corrected chi connectivity index (χ4v) is 1.94. The first-order chi connectivity index (χ1) is 9.16. The predicted molar refractivity (Wildman–Crippen MR) is 70.6 cm³/mol. The van der Waals surface area contributed by atoms with Crippen LogP contribution in [0.1, 0.15) is 35.2 Å². The maximum absolute atomic E-state index is 12.0. The second-order valence-corrected chi connectivity index (χ2v) is 4.64. The van der Waals surface area contributed by atoms with Crippen molar-refractivity contribution >= 4 is 18.0 Å². The average Bonchev–Trinajstić information content (AvgIpc) is 2.34. The highest BCUT2D eigenvalue weighted by atomic mass is 16.4. The Balaban J connectivity index is 2.04. The van der Waals surface area contributed by atoms with Crippen molar-refractivity contribution < 1.29 is 14.7 Å². The molecular formula is C14H16N2O3. The van der Waals surface area contributed by atoms with Crippen molar-refractivity contribution in [3.63, 3.8) is 0 Å². The number of aromatic nitrogens is 1. The van der Waals surface area contributed by atoms with Crippen LogP contribution < -0.4 is 5.32 Å². The lowest BCUT2D eigenvalue weighted by molar-refractivity contribution is -0.131. The normalized spacial score (nSPS) is 15.2. The van der Waals surface area contributed by atoms with Crippen molar-refractivity contribution in [1.82, 2.24) is 10.3 Å². The fourth-order valence-electron chi connectivity index (χ4n) is 1.94. The van der Waals surface area contributed by atoms with Crippen LogP contribution in [0.5, 0.6) is 0 Å². The zero-order valence-corrected chi connectivity index (χ0v) is 10.5. The number of pyridine rings is 1. The number of carboxylic acid groups (broad SMARTS) is 1. The number of nitrogens with one attached hydrogen (secondary N) is 1. The van der Waals surface area contributed by atoms with E-state index in [1.54, 1.807) is 6.07 Å². The first kappa shape index (κ1) is 13.3. The summed E-state index contributed by atoms with van der Waals surface area (Å²) < 4.78 is 0. The van der Waals surface area contributed by atoms with E-state index in [-0.39, 0.29) is 5.91 Å². The van der Waals surface area contributed by atoms with Gasteiger partial charge in [0.25, 0.3) is 5.91 Å². The number of amides is 1. The van der Waals surface area contributed by atoms with Crippen LogP contribution in [0.3, 0.4) is 0 Å². The lowest BCUT2D eigenvalue weighted by Gasteiger charge is -2.25. The highest BCUT2D eigenvalue weighted by Gasteiger charge is 2.18. The van der Waals surface area contributed by atoms with Gasteiger partial charge in [-0.3, -0.25) is 9.78 Å². The largest absolute Gasteiger partial charge is 0.478 e. The highest BCUT2D eigenvalue weighted by Crippen LogP contribution is 2.25. The molecule has 2 rings (SSSR count). The Morgan fingerprint density at radius 3 is 2.89 bits per heavy atom. The Morgan fingerprint density at radius 1 is 1.47 bits per heavy atom. The molecule has 0 saturated heterocycles. The van der Waals surface area contributed by atoms with Crippen LogP contribution in [-0.2, 0) is 4.79 Å². The van der Waals surface area contributed by atoms with E-state index in [1.807, 2.05) is 0 Å². The molecule has 0 spiro atoms. The number of carboxylic acids is 1. The van der Waals surface area contributed by atoms with E-state index >= 15 is 0 Å². The van der Waals surface area contributed by atoms with E-state index in [0.717, 1.165) is 6.08 Å². The number of hydrogen-bond acceptors (Lipinski definition) is 3. The van der Waals surface area contributed by atoms with Gasteiger partial charge in [-0.2, -0.15) is 0 Å². The number of carbonyl (C=O) groups excluding carboxylic acids is 1. The Hall–Kier alpha value is -2.17. The third kappa shape index (κ3) is 3.64. The minimum absolute atomic E-state index is 0.181. The number of rotatable bonds is 5. The quantitative estimate of drug-likeness (QED) is 0.790. The monoisotopic (exact) mass is 260 g/mol. The summed E-state index contributed by atoms with van der Waals surface area (Å²) in [7, 11) is 0. The maximum Gasteiger partial charge on any atom is 0.328 e. The molecule has 0 radical (unpaired) electrons. The number of aliphatic carboxylic acids is 1. The molecule has 0 unspecified atom stereocenters. The Kier molecular flexibility index (Phi) is 4.28. The third-order valence-corrected chi connectivity index (χ3v) is 3.28. The van der Waals surface area contributed by atoms with Gasteiger partial charge in [0.2, 0.25) is 0 Å². The van der Waals surface area contributed by atoms with Crippen LogP contribution in [0.25, 0.3) is 6.08 Å². The Morgan fingerprint density at radius 2 is 2.26 bits per heavy atom. The van der Waals surface area contributed by atoms with Gasteiger partial charge >= 0.3 is 5.97 Å². The molecule has 5 heteroatoms. The second kappa shape index (κ2) is 6.13. The standard InChI is InChI=1S/C14H16N2O3/c17-13(18)5-4-11-9-15-7-6-12(11)14(19)16-8-10-2-1-3-10/h4-7,9-10H,1-3,8H2,(H,16,19)(H,17,18). The van der Waals surface area contributed by atoms with Crippen molar-refractivity contribution in [2.45, 2.75) is 19.3 Å². The minimum Gasteiger partial charge on any atom is -0.478 e. The third-order valence-electron chi connectivity index (χ3n) is 3.28. The van der Waals surface area contributed by atoms with Crippen molar-refractivity contribution in [2.24, 2.45) is 5.92 Å². The average molecular weight is 260 g/mol. The van der Waals surface area contributed by atoms with Crippen LogP contribution >= 0.6 is 0 Å². The van der Waals surface area contributed by atoms with Gasteiger partial charge in [0.1, 0.15) is 0 Å². The molecule has 0 aliphatic heterocycles. The summed E-state index contributed by atoms with van der Waals surface area (Å²) in [5.74, 6) is -0.646. The summed E-state index contributed by atoms with van der Waals surface area (Å²) >= 11 is 0. The van der Waals surface area contributed by atoms with Gasteiger partial charge in [-0.1, -0.05) is 6.42 Å². The van der Waals surface area contributed by atoms with Gasteiger partial charge in [-0.05, 0) is 30.9 Å². The van der Waals surface area contributed by atoms with E-state index in [0.29, 0.717) is 23.6 Å². The molecular weight excluding hydrogens is 244 g/mol. The first-order valence-corrected chi connectivity index (χ1v) is 6.30. The SMILES string of the molecule is O=C(O)C=Cc1cnccc1C(=O)NCC1CCC1. The summed E-state index contributed by atoms with van der Waals surface area (Å²) in [5.41, 5.74) is 0.961. The number of nitrogens with zero attached hydrogens (tertiary/aromatic N) is 1. The molecule has 0 bridgehead atoms. The van der Waals surface area contributed by atoms with Crippen molar-refractivity contribution in [2.75, 3.05) is 6.54 Å². The van der Waals surface area contributed by atoms with E-state index < -0.39 is 5.97 Å². The molecule has 1 aliphatic carbocycles. The molecule has 1 aliphatic rings. The molecule has 0 atom stereocenters. The van der Waals surface area contributed by atoms with Crippen LogP contribution in [0.2, 0.25) is 0 Å².